The van der Waals surface area contributed by atoms with Crippen LogP contribution in [0.15, 0.2) is 31.8 Å². The second-order valence-corrected chi connectivity index (χ2v) is 23.3. The topological polar surface area (TPSA) is 0 Å². The van der Waals surface area contributed by atoms with Gasteiger partial charge in [-0.25, -0.2) is 8.78 Å². The lowest BCUT2D eigenvalue weighted by Crippen LogP contribution is -2.05. The monoisotopic (exact) mass is 970 g/mol. The molecule has 56 heavy (non-hydrogen) atoms. The molecule has 8 heteroatoms. The molecule has 0 aromatic carbocycles. The van der Waals surface area contributed by atoms with E-state index in [1.54, 1.807) is 34.8 Å². The van der Waals surface area contributed by atoms with E-state index < -0.39 is 0 Å². The van der Waals surface area contributed by atoms with Crippen molar-refractivity contribution in [3.63, 3.8) is 0 Å². The quantitative estimate of drug-likeness (QED) is 0.0441. The number of hydrogen-bond donors (Lipinski definition) is 0. The fraction of sp³-hybridized carbons (Fsp3) is 0.667. The average molecular weight is 973 g/mol. The molecule has 0 aliphatic heterocycles. The normalized spacial score (nSPS) is 12.9. The largest absolute Gasteiger partial charge is 0.205 e. The Morgan fingerprint density at radius 2 is 0.714 bits per heavy atom. The van der Waals surface area contributed by atoms with Crippen LogP contribution in [0.25, 0.3) is 29.3 Å². The molecule has 0 bridgehead atoms. The molecule has 2 atom stereocenters. The van der Waals surface area contributed by atoms with Crippen molar-refractivity contribution < 1.29 is 8.78 Å². The Bertz CT molecular complexity index is 1530. The van der Waals surface area contributed by atoms with Crippen LogP contribution in [0, 0.1) is 23.5 Å². The lowest BCUT2D eigenvalue weighted by molar-refractivity contribution is 0.403. The summed E-state index contributed by atoms with van der Waals surface area (Å²) in [6, 6.07) is 7.87. The van der Waals surface area contributed by atoms with E-state index in [0.29, 0.717) is 21.6 Å². The van der Waals surface area contributed by atoms with E-state index in [-0.39, 0.29) is 11.6 Å². The van der Waals surface area contributed by atoms with Gasteiger partial charge in [-0.15, -0.1) is 45.3 Å². The van der Waals surface area contributed by atoms with Gasteiger partial charge < -0.3 is 0 Å². The number of thiophene rings is 4. The predicted octanol–water partition coefficient (Wildman–Crippen LogP) is 20.5. The smallest absolute Gasteiger partial charge is 0.143 e. The maximum Gasteiger partial charge on any atom is 0.143 e. The summed E-state index contributed by atoms with van der Waals surface area (Å²) in [5.41, 5.74) is 2.62. The van der Waals surface area contributed by atoms with Crippen LogP contribution in [-0.2, 0) is 12.8 Å². The van der Waals surface area contributed by atoms with Crippen molar-refractivity contribution in [2.24, 2.45) is 11.8 Å². The molecule has 314 valence electrons. The fourth-order valence-electron chi connectivity index (χ4n) is 8.25. The summed E-state index contributed by atoms with van der Waals surface area (Å²) in [4.78, 5) is 4.99. The lowest BCUT2D eigenvalue weighted by atomic mass is 9.89. The molecule has 0 saturated carbocycles. The minimum Gasteiger partial charge on any atom is -0.205 e. The molecule has 4 aromatic rings. The van der Waals surface area contributed by atoms with E-state index >= 15 is 8.78 Å². The highest BCUT2D eigenvalue weighted by Gasteiger charge is 2.25. The van der Waals surface area contributed by atoms with E-state index in [0.717, 1.165) is 39.9 Å². The van der Waals surface area contributed by atoms with Gasteiger partial charge in [0.05, 0.1) is 17.3 Å². The van der Waals surface area contributed by atoms with Crippen molar-refractivity contribution in [1.29, 1.82) is 0 Å². The Labute approximate surface area is 373 Å². The van der Waals surface area contributed by atoms with Gasteiger partial charge in [-0.2, -0.15) is 0 Å². The van der Waals surface area contributed by atoms with Crippen LogP contribution >= 0.6 is 77.2 Å². The van der Waals surface area contributed by atoms with Crippen LogP contribution in [-0.4, -0.2) is 0 Å². The van der Waals surface area contributed by atoms with Crippen molar-refractivity contribution in [2.75, 3.05) is 0 Å². The van der Waals surface area contributed by atoms with Gasteiger partial charge in [-0.05, 0) is 91.9 Å². The molecule has 0 nitrogen and oxygen atoms in total. The summed E-state index contributed by atoms with van der Waals surface area (Å²) in [5, 5.41) is 0. The maximum atomic E-state index is 16.0. The first kappa shape index (κ1) is 48.3. The Morgan fingerprint density at radius 3 is 1.05 bits per heavy atom. The summed E-state index contributed by atoms with van der Waals surface area (Å²) >= 11 is 13.8. The Hall–Kier alpha value is -0.380. The third-order valence-electron chi connectivity index (χ3n) is 11.5. The highest BCUT2D eigenvalue weighted by Crippen LogP contribution is 2.49. The van der Waals surface area contributed by atoms with Crippen LogP contribution in [0.2, 0.25) is 0 Å². The fourth-order valence-corrected chi connectivity index (χ4v) is 14.1. The minimum atomic E-state index is -0.311. The Kier molecular flexibility index (Phi) is 23.7. The Morgan fingerprint density at radius 1 is 0.411 bits per heavy atom. The standard InChI is InChI=1S/C48H70Br2F2S4/c1-5-9-13-17-19-23-27-35(25-21-15-11-7-3)29-37-31-43(49)55-45(37)41-33-39(51)47(53-41)48-40(52)34-42(54-48)46-38(32-44(50)56-46)30-36(26-22-16-12-8-4)28-24-20-18-14-10-6-2/h31-36H,5-30H2,1-4H3. The third-order valence-corrected chi connectivity index (χ3v) is 17.6. The van der Waals surface area contributed by atoms with Crippen LogP contribution in [0.1, 0.15) is 193 Å². The van der Waals surface area contributed by atoms with Crippen molar-refractivity contribution in [2.45, 2.75) is 195 Å². The number of rotatable bonds is 31. The average Bonchev–Trinajstić information content (AvgIpc) is 3.95. The molecule has 4 aromatic heterocycles. The summed E-state index contributed by atoms with van der Waals surface area (Å²) in [6.07, 6.45) is 33.3. The first-order valence-corrected chi connectivity index (χ1v) is 27.3. The zero-order valence-electron chi connectivity index (χ0n) is 35.0. The van der Waals surface area contributed by atoms with Gasteiger partial charge in [-0.3, -0.25) is 0 Å². The van der Waals surface area contributed by atoms with Crippen molar-refractivity contribution in [3.05, 3.63) is 54.6 Å². The van der Waals surface area contributed by atoms with Gasteiger partial charge in [-0.1, -0.05) is 182 Å². The van der Waals surface area contributed by atoms with Crippen molar-refractivity contribution in [1.82, 2.24) is 0 Å². The van der Waals surface area contributed by atoms with Gasteiger partial charge in [0.2, 0.25) is 0 Å². The van der Waals surface area contributed by atoms with Crippen LogP contribution in [0.3, 0.4) is 0 Å². The molecular formula is C48H70Br2F2S4. The van der Waals surface area contributed by atoms with Crippen molar-refractivity contribution in [3.8, 4) is 29.3 Å². The summed E-state index contributed by atoms with van der Waals surface area (Å²) in [5.74, 6) is 0.658. The first-order chi connectivity index (χ1) is 27.3. The number of halogens is 4. The summed E-state index contributed by atoms with van der Waals surface area (Å²) in [6.45, 7) is 9.12. The molecule has 0 spiro atoms. The lowest BCUT2D eigenvalue weighted by Gasteiger charge is -2.17. The zero-order valence-corrected chi connectivity index (χ0v) is 41.4. The zero-order chi connectivity index (χ0) is 40.1. The summed E-state index contributed by atoms with van der Waals surface area (Å²) in [7, 11) is 0. The maximum absolute atomic E-state index is 16.0. The molecule has 4 rings (SSSR count). The molecule has 0 N–H and O–H groups in total. The van der Waals surface area contributed by atoms with Gasteiger partial charge in [0.25, 0.3) is 0 Å². The molecule has 0 aliphatic carbocycles. The Balaban J connectivity index is 1.52. The van der Waals surface area contributed by atoms with Crippen molar-refractivity contribution >= 4 is 77.2 Å². The van der Waals surface area contributed by atoms with Gasteiger partial charge in [0.1, 0.15) is 11.6 Å². The van der Waals surface area contributed by atoms with E-state index in [1.807, 2.05) is 0 Å². The predicted molar refractivity (Wildman–Crippen MR) is 257 cm³/mol. The SMILES string of the molecule is CCCCCCCCC(CCCCCC)Cc1cc(Br)sc1-c1cc(F)c(-c2sc(-c3sc(Br)cc3CC(CCCCCC)CCCCCCCC)cc2F)s1. The van der Waals surface area contributed by atoms with E-state index in [9.17, 15) is 0 Å². The van der Waals surface area contributed by atoms with Crippen LogP contribution in [0.5, 0.6) is 0 Å². The molecule has 0 aliphatic rings. The molecule has 0 radical (unpaired) electrons. The molecule has 2 unspecified atom stereocenters. The van der Waals surface area contributed by atoms with E-state index in [2.05, 4.69) is 71.7 Å². The van der Waals surface area contributed by atoms with Gasteiger partial charge >= 0.3 is 0 Å². The molecule has 0 fully saturated rings. The second-order valence-electron chi connectivity index (χ2n) is 16.3. The highest BCUT2D eigenvalue weighted by atomic mass is 79.9. The van der Waals surface area contributed by atoms with Gasteiger partial charge in [0.15, 0.2) is 0 Å². The first-order valence-electron chi connectivity index (χ1n) is 22.4. The molecule has 4 heterocycles. The second kappa shape index (κ2) is 27.5. The minimum absolute atomic E-state index is 0.311. The van der Waals surface area contributed by atoms with E-state index in [1.165, 1.54) is 188 Å². The molecular weight excluding hydrogens is 903 g/mol. The number of hydrogen-bond acceptors (Lipinski definition) is 4. The van der Waals surface area contributed by atoms with Gasteiger partial charge in [0, 0.05) is 19.5 Å². The summed E-state index contributed by atoms with van der Waals surface area (Å²) < 4.78 is 34.2. The van der Waals surface area contributed by atoms with E-state index in [4.69, 9.17) is 0 Å². The molecule has 0 amide bonds. The molecule has 0 saturated heterocycles. The number of unbranched alkanes of at least 4 members (excludes halogenated alkanes) is 16. The third kappa shape index (κ3) is 16.2. The van der Waals surface area contributed by atoms with Crippen LogP contribution in [0.4, 0.5) is 8.78 Å². The highest BCUT2D eigenvalue weighted by molar-refractivity contribution is 9.11. The van der Waals surface area contributed by atoms with Crippen LogP contribution < -0.4 is 0 Å².